The average Bonchev–Trinajstić information content (AvgIpc) is 2.42. The first kappa shape index (κ1) is 14.1. The molecule has 3 nitrogen and oxygen atoms in total. The van der Waals surface area contributed by atoms with Crippen LogP contribution >= 0.6 is 0 Å². The zero-order valence-corrected chi connectivity index (χ0v) is 11.6. The van der Waals surface area contributed by atoms with Crippen LogP contribution in [0.25, 0.3) is 0 Å². The van der Waals surface area contributed by atoms with E-state index in [0.717, 1.165) is 30.8 Å². The van der Waals surface area contributed by atoms with Gasteiger partial charge in [-0.3, -0.25) is 4.79 Å². The second kappa shape index (κ2) is 6.71. The van der Waals surface area contributed by atoms with Crippen molar-refractivity contribution < 1.29 is 9.90 Å². The normalized spacial score (nSPS) is 18.2. The molecule has 0 radical (unpaired) electrons. The van der Waals surface area contributed by atoms with Crippen LogP contribution in [0.15, 0.2) is 24.3 Å². The van der Waals surface area contributed by atoms with Gasteiger partial charge in [-0.1, -0.05) is 30.7 Å². The first-order chi connectivity index (χ1) is 9.18. The fourth-order valence-corrected chi connectivity index (χ4v) is 2.88. The summed E-state index contributed by atoms with van der Waals surface area (Å²) in [5.41, 5.74) is 2.04. The minimum Gasteiger partial charge on any atom is -0.481 e. The number of aryl methyl sites for hydroxylation is 1. The summed E-state index contributed by atoms with van der Waals surface area (Å²) in [4.78, 5) is 13.9. The van der Waals surface area contributed by atoms with Crippen molar-refractivity contribution in [2.45, 2.75) is 38.5 Å². The topological polar surface area (TPSA) is 40.5 Å². The van der Waals surface area contributed by atoms with E-state index in [1.165, 1.54) is 19.3 Å². The first-order valence-corrected chi connectivity index (χ1v) is 7.19. The second-order valence-corrected chi connectivity index (χ2v) is 5.44. The highest BCUT2D eigenvalue weighted by Crippen LogP contribution is 2.24. The van der Waals surface area contributed by atoms with Crippen molar-refractivity contribution in [3.63, 3.8) is 0 Å². The Labute approximate surface area is 115 Å². The number of piperidine rings is 1. The summed E-state index contributed by atoms with van der Waals surface area (Å²) in [6.45, 7) is 5.14. The molecule has 0 aliphatic carbocycles. The third-order valence-corrected chi connectivity index (χ3v) is 4.04. The lowest BCUT2D eigenvalue weighted by molar-refractivity contribution is -0.139. The van der Waals surface area contributed by atoms with Gasteiger partial charge in [-0.05, 0) is 56.9 Å². The molecule has 2 rings (SSSR count). The Hall–Kier alpha value is -1.35. The molecule has 19 heavy (non-hydrogen) atoms. The van der Waals surface area contributed by atoms with Crippen molar-refractivity contribution in [1.29, 1.82) is 0 Å². The molecule has 1 heterocycles. The standard InChI is InChI=1S/C16H23NO2/c1-13-7-3-4-8-14(13)15(16(18)19)9-12-17-10-5-2-6-11-17/h3-4,7-8,15H,2,5-6,9-12H2,1H3,(H,18,19). The van der Waals surface area contributed by atoms with Crippen molar-refractivity contribution in [2.75, 3.05) is 19.6 Å². The average molecular weight is 261 g/mol. The molecule has 3 heteroatoms. The van der Waals surface area contributed by atoms with Gasteiger partial charge in [0.25, 0.3) is 0 Å². The van der Waals surface area contributed by atoms with Gasteiger partial charge < -0.3 is 10.0 Å². The SMILES string of the molecule is Cc1ccccc1C(CCN1CCCCC1)C(=O)O. The Morgan fingerprint density at radius 3 is 2.58 bits per heavy atom. The van der Waals surface area contributed by atoms with Crippen LogP contribution in [0.4, 0.5) is 0 Å². The predicted molar refractivity (Wildman–Crippen MR) is 76.5 cm³/mol. The zero-order valence-electron chi connectivity index (χ0n) is 11.6. The van der Waals surface area contributed by atoms with E-state index in [9.17, 15) is 9.90 Å². The lowest BCUT2D eigenvalue weighted by atomic mass is 9.92. The molecule has 0 saturated carbocycles. The smallest absolute Gasteiger partial charge is 0.311 e. The Morgan fingerprint density at radius 1 is 1.26 bits per heavy atom. The number of likely N-dealkylation sites (tertiary alicyclic amines) is 1. The van der Waals surface area contributed by atoms with Crippen molar-refractivity contribution in [3.8, 4) is 0 Å². The molecule has 1 aromatic rings. The first-order valence-electron chi connectivity index (χ1n) is 7.19. The highest BCUT2D eigenvalue weighted by atomic mass is 16.4. The molecule has 1 saturated heterocycles. The minimum atomic E-state index is -0.702. The number of hydrogen-bond acceptors (Lipinski definition) is 2. The number of nitrogens with zero attached hydrogens (tertiary/aromatic N) is 1. The van der Waals surface area contributed by atoms with Crippen molar-refractivity contribution in [3.05, 3.63) is 35.4 Å². The minimum absolute atomic E-state index is 0.372. The van der Waals surface area contributed by atoms with Gasteiger partial charge in [0.15, 0.2) is 0 Å². The van der Waals surface area contributed by atoms with Crippen LogP contribution < -0.4 is 0 Å². The maximum Gasteiger partial charge on any atom is 0.311 e. The van der Waals surface area contributed by atoms with E-state index >= 15 is 0 Å². The summed E-state index contributed by atoms with van der Waals surface area (Å²) in [5.74, 6) is -1.07. The fraction of sp³-hybridized carbons (Fsp3) is 0.562. The molecule has 1 aliphatic rings. The molecule has 0 aromatic heterocycles. The summed E-state index contributed by atoms with van der Waals surface area (Å²) in [6, 6.07) is 7.83. The van der Waals surface area contributed by atoms with E-state index in [0.29, 0.717) is 6.42 Å². The Kier molecular flexibility index (Phi) is 4.97. The van der Waals surface area contributed by atoms with Gasteiger partial charge >= 0.3 is 5.97 Å². The molecule has 1 unspecified atom stereocenters. The van der Waals surface area contributed by atoms with Gasteiger partial charge in [0, 0.05) is 0 Å². The van der Waals surface area contributed by atoms with E-state index in [2.05, 4.69) is 4.90 Å². The molecule has 0 amide bonds. The molecule has 0 spiro atoms. The van der Waals surface area contributed by atoms with Gasteiger partial charge in [-0.15, -0.1) is 0 Å². The summed E-state index contributed by atoms with van der Waals surface area (Å²) in [6.07, 6.45) is 4.53. The van der Waals surface area contributed by atoms with Crippen LogP contribution in [0, 0.1) is 6.92 Å². The lowest BCUT2D eigenvalue weighted by Crippen LogP contribution is -2.32. The molecule has 1 N–H and O–H groups in total. The van der Waals surface area contributed by atoms with Gasteiger partial charge in [0.05, 0.1) is 5.92 Å². The second-order valence-electron chi connectivity index (χ2n) is 5.44. The van der Waals surface area contributed by atoms with E-state index in [4.69, 9.17) is 0 Å². The van der Waals surface area contributed by atoms with E-state index in [-0.39, 0.29) is 5.92 Å². The fourth-order valence-electron chi connectivity index (χ4n) is 2.88. The van der Waals surface area contributed by atoms with Crippen LogP contribution in [-0.2, 0) is 4.79 Å². The third-order valence-electron chi connectivity index (χ3n) is 4.04. The van der Waals surface area contributed by atoms with Crippen LogP contribution in [0.1, 0.15) is 42.7 Å². The van der Waals surface area contributed by atoms with Crippen molar-refractivity contribution in [2.24, 2.45) is 0 Å². The number of rotatable bonds is 5. The number of aliphatic carboxylic acids is 1. The van der Waals surface area contributed by atoms with Crippen LogP contribution in [-0.4, -0.2) is 35.6 Å². The summed E-state index contributed by atoms with van der Waals surface area (Å²) in [7, 11) is 0. The number of carboxylic acid groups (broad SMARTS) is 1. The predicted octanol–water partition coefficient (Wildman–Crippen LogP) is 3.04. The monoisotopic (exact) mass is 261 g/mol. The highest BCUT2D eigenvalue weighted by molar-refractivity contribution is 5.76. The molecular formula is C16H23NO2. The van der Waals surface area contributed by atoms with Crippen molar-refractivity contribution >= 4 is 5.97 Å². The molecule has 1 atom stereocenters. The van der Waals surface area contributed by atoms with Gasteiger partial charge in [-0.25, -0.2) is 0 Å². The summed E-state index contributed by atoms with van der Waals surface area (Å²) < 4.78 is 0. The number of carbonyl (C=O) groups is 1. The molecule has 1 fully saturated rings. The number of carboxylic acids is 1. The molecule has 1 aromatic carbocycles. The maximum absolute atomic E-state index is 11.5. The van der Waals surface area contributed by atoms with Gasteiger partial charge in [0.1, 0.15) is 0 Å². The van der Waals surface area contributed by atoms with Crippen LogP contribution in [0.5, 0.6) is 0 Å². The van der Waals surface area contributed by atoms with Crippen LogP contribution in [0.3, 0.4) is 0 Å². The van der Waals surface area contributed by atoms with Gasteiger partial charge in [-0.2, -0.15) is 0 Å². The largest absolute Gasteiger partial charge is 0.481 e. The van der Waals surface area contributed by atoms with Gasteiger partial charge in [0.2, 0.25) is 0 Å². The Balaban J connectivity index is 2.00. The zero-order chi connectivity index (χ0) is 13.7. The highest BCUT2D eigenvalue weighted by Gasteiger charge is 2.22. The van der Waals surface area contributed by atoms with Crippen molar-refractivity contribution in [1.82, 2.24) is 4.90 Å². The maximum atomic E-state index is 11.5. The van der Waals surface area contributed by atoms with E-state index in [1.807, 2.05) is 31.2 Å². The summed E-state index contributed by atoms with van der Waals surface area (Å²) >= 11 is 0. The summed E-state index contributed by atoms with van der Waals surface area (Å²) in [5, 5.41) is 9.46. The Morgan fingerprint density at radius 2 is 1.95 bits per heavy atom. The lowest BCUT2D eigenvalue weighted by Gasteiger charge is -2.27. The molecular weight excluding hydrogens is 238 g/mol. The number of hydrogen-bond donors (Lipinski definition) is 1. The quantitative estimate of drug-likeness (QED) is 0.885. The van der Waals surface area contributed by atoms with E-state index < -0.39 is 5.97 Å². The molecule has 104 valence electrons. The molecule has 0 bridgehead atoms. The van der Waals surface area contributed by atoms with E-state index in [1.54, 1.807) is 0 Å². The number of benzene rings is 1. The van der Waals surface area contributed by atoms with Crippen LogP contribution in [0.2, 0.25) is 0 Å². The third kappa shape index (κ3) is 3.80. The Bertz CT molecular complexity index is 425. The molecule has 1 aliphatic heterocycles.